The topological polar surface area (TPSA) is 51.2 Å². The Kier molecular flexibility index (Phi) is 5.83. The number of hydrogen-bond acceptors (Lipinski definition) is 5. The van der Waals surface area contributed by atoms with Crippen molar-refractivity contribution in [3.63, 3.8) is 0 Å². The van der Waals surface area contributed by atoms with Gasteiger partial charge in [-0.25, -0.2) is 9.78 Å². The molecule has 20 heavy (non-hydrogen) atoms. The van der Waals surface area contributed by atoms with Crippen molar-refractivity contribution >= 4 is 22.3 Å². The van der Waals surface area contributed by atoms with Crippen LogP contribution in [0.1, 0.15) is 62.9 Å². The summed E-state index contributed by atoms with van der Waals surface area (Å²) < 4.78 is 5.03. The molecule has 0 atom stereocenters. The van der Waals surface area contributed by atoms with Crippen molar-refractivity contribution in [2.45, 2.75) is 58.4 Å². The molecular formula is C15H24N2O2S. The predicted octanol–water partition coefficient (Wildman–Crippen LogP) is 4.09. The van der Waals surface area contributed by atoms with Gasteiger partial charge >= 0.3 is 5.97 Å². The number of rotatable bonds is 6. The summed E-state index contributed by atoms with van der Waals surface area (Å²) in [5, 5.41) is 4.35. The third-order valence-electron chi connectivity index (χ3n) is 3.92. The Balaban J connectivity index is 1.88. The SMILES string of the molecule is CCCC1CCC(Nc2scnc2C(=O)OCC)CC1. The number of esters is 1. The van der Waals surface area contributed by atoms with Crippen molar-refractivity contribution in [2.24, 2.45) is 5.92 Å². The predicted molar refractivity (Wildman–Crippen MR) is 82.3 cm³/mol. The normalized spacial score (nSPS) is 22.5. The minimum Gasteiger partial charge on any atom is -0.461 e. The van der Waals surface area contributed by atoms with Crippen molar-refractivity contribution in [2.75, 3.05) is 11.9 Å². The number of thiazole rings is 1. The van der Waals surface area contributed by atoms with Crippen LogP contribution in [0.4, 0.5) is 5.00 Å². The molecular weight excluding hydrogens is 272 g/mol. The molecule has 0 radical (unpaired) electrons. The first-order chi connectivity index (χ1) is 9.74. The summed E-state index contributed by atoms with van der Waals surface area (Å²) in [6.07, 6.45) is 7.58. The van der Waals surface area contributed by atoms with E-state index in [1.807, 2.05) is 6.92 Å². The van der Waals surface area contributed by atoms with Gasteiger partial charge in [-0.15, -0.1) is 11.3 Å². The first-order valence-electron chi connectivity index (χ1n) is 7.61. The number of aromatic nitrogens is 1. The van der Waals surface area contributed by atoms with Crippen LogP contribution in [-0.2, 0) is 4.74 Å². The quantitative estimate of drug-likeness (QED) is 0.803. The van der Waals surface area contributed by atoms with Crippen LogP contribution in [0.5, 0.6) is 0 Å². The van der Waals surface area contributed by atoms with E-state index in [1.165, 1.54) is 49.9 Å². The molecule has 1 N–H and O–H groups in total. The lowest BCUT2D eigenvalue weighted by atomic mass is 9.83. The van der Waals surface area contributed by atoms with E-state index in [-0.39, 0.29) is 5.97 Å². The van der Waals surface area contributed by atoms with Gasteiger partial charge in [0.25, 0.3) is 0 Å². The first kappa shape index (κ1) is 15.3. The number of hydrogen-bond donors (Lipinski definition) is 1. The highest BCUT2D eigenvalue weighted by molar-refractivity contribution is 7.14. The molecule has 1 aliphatic rings. The number of ether oxygens (including phenoxy) is 1. The molecule has 0 bridgehead atoms. The Labute approximate surface area is 124 Å². The minimum absolute atomic E-state index is 0.323. The summed E-state index contributed by atoms with van der Waals surface area (Å²) in [5.74, 6) is 0.569. The Bertz CT molecular complexity index is 425. The number of carbonyl (C=O) groups excluding carboxylic acids is 1. The maximum absolute atomic E-state index is 11.8. The van der Waals surface area contributed by atoms with Crippen LogP contribution in [0.15, 0.2) is 5.51 Å². The van der Waals surface area contributed by atoms with Gasteiger partial charge in [0.2, 0.25) is 0 Å². The third kappa shape index (κ3) is 3.95. The maximum atomic E-state index is 11.8. The second-order valence-corrected chi connectivity index (χ2v) is 6.26. The molecule has 0 unspecified atom stereocenters. The standard InChI is InChI=1S/C15H24N2O2S/c1-3-5-11-6-8-12(9-7-11)17-14-13(16-10-20-14)15(18)19-4-2/h10-12,17H,3-9H2,1-2H3. The summed E-state index contributed by atoms with van der Waals surface area (Å²) in [4.78, 5) is 15.9. The fourth-order valence-corrected chi connectivity index (χ4v) is 3.63. The van der Waals surface area contributed by atoms with Gasteiger partial charge in [-0.3, -0.25) is 0 Å². The van der Waals surface area contributed by atoms with E-state index in [2.05, 4.69) is 17.2 Å². The molecule has 1 aromatic rings. The second-order valence-electron chi connectivity index (χ2n) is 5.40. The molecule has 4 nitrogen and oxygen atoms in total. The van der Waals surface area contributed by atoms with Crippen molar-refractivity contribution in [1.29, 1.82) is 0 Å². The third-order valence-corrected chi connectivity index (χ3v) is 4.67. The van der Waals surface area contributed by atoms with Gasteiger partial charge in [0.05, 0.1) is 12.1 Å². The Hall–Kier alpha value is -1.10. The molecule has 0 aliphatic heterocycles. The fourth-order valence-electron chi connectivity index (χ4n) is 2.88. The van der Waals surface area contributed by atoms with E-state index in [4.69, 9.17) is 4.74 Å². The maximum Gasteiger partial charge on any atom is 0.360 e. The molecule has 0 aromatic carbocycles. The van der Waals surface area contributed by atoms with Crippen LogP contribution in [0.2, 0.25) is 0 Å². The van der Waals surface area contributed by atoms with Crippen molar-refractivity contribution in [3.8, 4) is 0 Å². The van der Waals surface area contributed by atoms with Gasteiger partial charge in [-0.1, -0.05) is 19.8 Å². The zero-order chi connectivity index (χ0) is 14.4. The largest absolute Gasteiger partial charge is 0.461 e. The van der Waals surface area contributed by atoms with E-state index in [1.54, 1.807) is 5.51 Å². The number of anilines is 1. The lowest BCUT2D eigenvalue weighted by Gasteiger charge is -2.29. The average Bonchev–Trinajstić information content (AvgIpc) is 2.90. The lowest BCUT2D eigenvalue weighted by Crippen LogP contribution is -2.26. The second kappa shape index (κ2) is 7.62. The molecule has 1 heterocycles. The molecule has 112 valence electrons. The molecule has 0 spiro atoms. The van der Waals surface area contributed by atoms with E-state index in [0.29, 0.717) is 18.3 Å². The molecule has 5 heteroatoms. The smallest absolute Gasteiger partial charge is 0.360 e. The average molecular weight is 296 g/mol. The summed E-state index contributed by atoms with van der Waals surface area (Å²) >= 11 is 1.49. The molecule has 0 saturated heterocycles. The Morgan fingerprint density at radius 2 is 2.15 bits per heavy atom. The van der Waals surface area contributed by atoms with Crippen LogP contribution >= 0.6 is 11.3 Å². The van der Waals surface area contributed by atoms with E-state index in [0.717, 1.165) is 10.9 Å². The Morgan fingerprint density at radius 1 is 1.40 bits per heavy atom. The van der Waals surface area contributed by atoms with Gasteiger partial charge in [0.15, 0.2) is 5.69 Å². The van der Waals surface area contributed by atoms with Gasteiger partial charge < -0.3 is 10.1 Å². The Morgan fingerprint density at radius 3 is 2.80 bits per heavy atom. The molecule has 1 saturated carbocycles. The zero-order valence-electron chi connectivity index (χ0n) is 12.4. The van der Waals surface area contributed by atoms with Gasteiger partial charge in [0, 0.05) is 6.04 Å². The fraction of sp³-hybridized carbons (Fsp3) is 0.733. The van der Waals surface area contributed by atoms with Crippen LogP contribution in [0.3, 0.4) is 0 Å². The van der Waals surface area contributed by atoms with Crippen LogP contribution in [0.25, 0.3) is 0 Å². The molecule has 1 aromatic heterocycles. The number of carbonyl (C=O) groups is 1. The van der Waals surface area contributed by atoms with Crippen molar-refractivity contribution in [1.82, 2.24) is 4.98 Å². The van der Waals surface area contributed by atoms with Crippen LogP contribution < -0.4 is 5.32 Å². The van der Waals surface area contributed by atoms with Crippen LogP contribution in [-0.4, -0.2) is 23.6 Å². The monoisotopic (exact) mass is 296 g/mol. The minimum atomic E-state index is -0.323. The molecule has 1 fully saturated rings. The summed E-state index contributed by atoms with van der Waals surface area (Å²) in [6, 6.07) is 0.469. The van der Waals surface area contributed by atoms with Gasteiger partial charge in [-0.2, -0.15) is 0 Å². The van der Waals surface area contributed by atoms with Crippen molar-refractivity contribution < 1.29 is 9.53 Å². The number of nitrogens with one attached hydrogen (secondary N) is 1. The van der Waals surface area contributed by atoms with E-state index in [9.17, 15) is 4.79 Å². The zero-order valence-corrected chi connectivity index (χ0v) is 13.2. The molecule has 2 rings (SSSR count). The van der Waals surface area contributed by atoms with Crippen molar-refractivity contribution in [3.05, 3.63) is 11.2 Å². The highest BCUT2D eigenvalue weighted by atomic mass is 32.1. The highest BCUT2D eigenvalue weighted by Crippen LogP contribution is 2.31. The van der Waals surface area contributed by atoms with E-state index < -0.39 is 0 Å². The van der Waals surface area contributed by atoms with Gasteiger partial charge in [0.1, 0.15) is 5.00 Å². The molecule has 1 aliphatic carbocycles. The van der Waals surface area contributed by atoms with Gasteiger partial charge in [-0.05, 0) is 38.5 Å². The van der Waals surface area contributed by atoms with Crippen LogP contribution in [0, 0.1) is 5.92 Å². The molecule has 0 amide bonds. The highest BCUT2D eigenvalue weighted by Gasteiger charge is 2.23. The summed E-state index contributed by atoms with van der Waals surface area (Å²) in [6.45, 7) is 4.46. The summed E-state index contributed by atoms with van der Waals surface area (Å²) in [5.41, 5.74) is 2.14. The first-order valence-corrected chi connectivity index (χ1v) is 8.49. The number of nitrogens with zero attached hydrogens (tertiary/aromatic N) is 1. The summed E-state index contributed by atoms with van der Waals surface area (Å²) in [7, 11) is 0. The van der Waals surface area contributed by atoms with E-state index >= 15 is 0 Å². The lowest BCUT2D eigenvalue weighted by molar-refractivity contribution is 0.0521.